The van der Waals surface area contributed by atoms with Gasteiger partial charge in [0.25, 0.3) is 11.6 Å². The zero-order valence-corrected chi connectivity index (χ0v) is 12.6. The molecule has 0 fully saturated rings. The van der Waals surface area contributed by atoms with E-state index >= 15 is 0 Å². The fourth-order valence-corrected chi connectivity index (χ4v) is 1.94. The number of hydrazone groups is 1. The number of amides is 1. The second-order valence-corrected chi connectivity index (χ2v) is 4.64. The van der Waals surface area contributed by atoms with Crippen molar-refractivity contribution in [1.29, 1.82) is 0 Å². The molecule has 0 bridgehead atoms. The second kappa shape index (κ2) is 7.17. The monoisotopic (exact) mass is 313 g/mol. The molecular formula is C16H15N3O4. The third-order valence-electron chi connectivity index (χ3n) is 3.16. The predicted octanol–water partition coefficient (Wildman–Crippen LogP) is 2.76. The van der Waals surface area contributed by atoms with E-state index in [0.29, 0.717) is 11.5 Å². The number of nitro benzene ring substituents is 1. The second-order valence-electron chi connectivity index (χ2n) is 4.64. The van der Waals surface area contributed by atoms with Crippen molar-refractivity contribution < 1.29 is 14.5 Å². The number of hydrogen-bond donors (Lipinski definition) is 1. The highest BCUT2D eigenvalue weighted by molar-refractivity contribution is 6.02. The van der Waals surface area contributed by atoms with Crippen molar-refractivity contribution in [2.45, 2.75) is 6.92 Å². The number of benzene rings is 2. The van der Waals surface area contributed by atoms with Crippen LogP contribution in [0, 0.1) is 10.1 Å². The van der Waals surface area contributed by atoms with E-state index in [1.165, 1.54) is 24.3 Å². The minimum Gasteiger partial charge on any atom is -0.496 e. The fourth-order valence-electron chi connectivity index (χ4n) is 1.94. The van der Waals surface area contributed by atoms with Crippen LogP contribution in [0.1, 0.15) is 22.8 Å². The van der Waals surface area contributed by atoms with Gasteiger partial charge in [-0.15, -0.1) is 0 Å². The highest BCUT2D eigenvalue weighted by Crippen LogP contribution is 2.18. The van der Waals surface area contributed by atoms with Gasteiger partial charge in [0, 0.05) is 23.3 Å². The molecule has 0 aromatic heterocycles. The number of rotatable bonds is 5. The molecule has 0 aliphatic rings. The summed E-state index contributed by atoms with van der Waals surface area (Å²) in [5.74, 6) is 0.201. The number of non-ortho nitro benzene ring substituents is 1. The lowest BCUT2D eigenvalue weighted by Crippen LogP contribution is -2.19. The van der Waals surface area contributed by atoms with Crippen LogP contribution in [0.3, 0.4) is 0 Å². The topological polar surface area (TPSA) is 93.8 Å². The molecule has 1 N–H and O–H groups in total. The number of nitrogens with zero attached hydrogens (tertiary/aromatic N) is 2. The molecule has 0 spiro atoms. The van der Waals surface area contributed by atoms with Gasteiger partial charge in [-0.25, -0.2) is 5.43 Å². The quantitative estimate of drug-likeness (QED) is 0.521. The lowest BCUT2D eigenvalue weighted by molar-refractivity contribution is -0.384. The molecule has 118 valence electrons. The number of methoxy groups -OCH3 is 1. The van der Waals surface area contributed by atoms with Crippen molar-refractivity contribution >= 4 is 17.3 Å². The highest BCUT2D eigenvalue weighted by atomic mass is 16.6. The minimum atomic E-state index is -0.522. The smallest absolute Gasteiger partial charge is 0.271 e. The Morgan fingerprint density at radius 2 is 1.83 bits per heavy atom. The molecule has 7 nitrogen and oxygen atoms in total. The number of para-hydroxylation sites is 1. The van der Waals surface area contributed by atoms with Crippen LogP contribution >= 0.6 is 0 Å². The number of carbonyl (C=O) groups is 1. The van der Waals surface area contributed by atoms with Crippen LogP contribution in [0.25, 0.3) is 0 Å². The van der Waals surface area contributed by atoms with Crippen molar-refractivity contribution in [3.63, 3.8) is 0 Å². The lowest BCUT2D eigenvalue weighted by Gasteiger charge is -2.07. The molecule has 23 heavy (non-hydrogen) atoms. The standard InChI is InChI=1S/C16H15N3O4/c1-11(14-5-3-4-6-15(14)23-2)17-18-16(20)12-7-9-13(10-8-12)19(21)22/h3-10H,1-2H3,(H,18,20)/b17-11-. The van der Waals surface area contributed by atoms with Gasteiger partial charge >= 0.3 is 0 Å². The summed E-state index contributed by atoms with van der Waals surface area (Å²) in [5, 5.41) is 14.6. The van der Waals surface area contributed by atoms with Crippen LogP contribution in [0.15, 0.2) is 53.6 Å². The molecule has 0 heterocycles. The van der Waals surface area contributed by atoms with Gasteiger partial charge in [-0.05, 0) is 31.2 Å². The molecule has 1 amide bonds. The van der Waals surface area contributed by atoms with Gasteiger partial charge in [0.15, 0.2) is 0 Å². The number of ether oxygens (including phenoxy) is 1. The Balaban J connectivity index is 2.12. The molecule has 0 atom stereocenters. The molecule has 2 rings (SSSR count). The Morgan fingerprint density at radius 3 is 2.43 bits per heavy atom. The predicted molar refractivity (Wildman–Crippen MR) is 85.8 cm³/mol. The molecule has 0 saturated carbocycles. The zero-order valence-electron chi connectivity index (χ0n) is 12.6. The van der Waals surface area contributed by atoms with Gasteiger partial charge in [-0.2, -0.15) is 5.10 Å². The van der Waals surface area contributed by atoms with E-state index < -0.39 is 10.8 Å². The third-order valence-corrected chi connectivity index (χ3v) is 3.16. The molecule has 7 heteroatoms. The molecule has 0 saturated heterocycles. The van der Waals surface area contributed by atoms with Crippen LogP contribution in [-0.2, 0) is 0 Å². The summed E-state index contributed by atoms with van der Waals surface area (Å²) < 4.78 is 5.24. The Kier molecular flexibility index (Phi) is 5.03. The molecule has 2 aromatic rings. The highest BCUT2D eigenvalue weighted by Gasteiger charge is 2.10. The van der Waals surface area contributed by atoms with Gasteiger partial charge in [-0.1, -0.05) is 12.1 Å². The first-order valence-corrected chi connectivity index (χ1v) is 6.75. The lowest BCUT2D eigenvalue weighted by atomic mass is 10.1. The maximum Gasteiger partial charge on any atom is 0.271 e. The maximum absolute atomic E-state index is 12.0. The summed E-state index contributed by atoms with van der Waals surface area (Å²) in [5.41, 5.74) is 3.98. The van der Waals surface area contributed by atoms with Gasteiger partial charge < -0.3 is 4.74 Å². The molecule has 0 aliphatic carbocycles. The molecule has 0 unspecified atom stereocenters. The van der Waals surface area contributed by atoms with Crippen molar-refractivity contribution in [1.82, 2.24) is 5.43 Å². The van der Waals surface area contributed by atoms with Gasteiger partial charge in [0.1, 0.15) is 5.75 Å². The van der Waals surface area contributed by atoms with Crippen molar-refractivity contribution in [2.75, 3.05) is 7.11 Å². The van der Waals surface area contributed by atoms with Crippen molar-refractivity contribution in [3.8, 4) is 5.75 Å². The molecule has 0 aliphatic heterocycles. The van der Waals surface area contributed by atoms with E-state index in [-0.39, 0.29) is 11.3 Å². The summed E-state index contributed by atoms with van der Waals surface area (Å²) in [6.07, 6.45) is 0. The average Bonchev–Trinajstić information content (AvgIpc) is 2.59. The Bertz CT molecular complexity index is 754. The molecule has 0 radical (unpaired) electrons. The SMILES string of the molecule is COc1ccccc1/C(C)=N\NC(=O)c1ccc([N+](=O)[O-])cc1. The summed E-state index contributed by atoms with van der Waals surface area (Å²) in [7, 11) is 1.56. The van der Waals surface area contributed by atoms with Crippen LogP contribution in [0.4, 0.5) is 5.69 Å². The van der Waals surface area contributed by atoms with Crippen LogP contribution in [-0.4, -0.2) is 23.7 Å². The maximum atomic E-state index is 12.0. The van der Waals surface area contributed by atoms with E-state index in [9.17, 15) is 14.9 Å². The first-order valence-electron chi connectivity index (χ1n) is 6.75. The fraction of sp³-hybridized carbons (Fsp3) is 0.125. The van der Waals surface area contributed by atoms with E-state index in [4.69, 9.17) is 4.74 Å². The zero-order chi connectivity index (χ0) is 16.8. The number of carbonyl (C=O) groups excluding carboxylic acids is 1. The molecular weight excluding hydrogens is 298 g/mol. The van der Waals surface area contributed by atoms with E-state index in [1.54, 1.807) is 20.1 Å². The average molecular weight is 313 g/mol. The summed E-state index contributed by atoms with van der Waals surface area (Å²) in [6, 6.07) is 12.6. The van der Waals surface area contributed by atoms with Gasteiger partial charge in [0.2, 0.25) is 0 Å². The Hall–Kier alpha value is -3.22. The van der Waals surface area contributed by atoms with Crippen LogP contribution in [0.5, 0.6) is 5.75 Å². The summed E-state index contributed by atoms with van der Waals surface area (Å²) >= 11 is 0. The number of nitro groups is 1. The van der Waals surface area contributed by atoms with E-state index in [1.807, 2.05) is 18.2 Å². The van der Waals surface area contributed by atoms with Crippen molar-refractivity contribution in [2.24, 2.45) is 5.10 Å². The number of nitrogens with one attached hydrogen (secondary N) is 1. The minimum absolute atomic E-state index is 0.0738. The van der Waals surface area contributed by atoms with Crippen LogP contribution in [0.2, 0.25) is 0 Å². The third kappa shape index (κ3) is 3.91. The largest absolute Gasteiger partial charge is 0.496 e. The number of hydrogen-bond acceptors (Lipinski definition) is 5. The Morgan fingerprint density at radius 1 is 1.17 bits per heavy atom. The van der Waals surface area contributed by atoms with Gasteiger partial charge in [0.05, 0.1) is 17.7 Å². The van der Waals surface area contributed by atoms with Gasteiger partial charge in [-0.3, -0.25) is 14.9 Å². The normalized spacial score (nSPS) is 11.0. The van der Waals surface area contributed by atoms with E-state index in [0.717, 1.165) is 5.56 Å². The van der Waals surface area contributed by atoms with Crippen LogP contribution < -0.4 is 10.2 Å². The van der Waals surface area contributed by atoms with E-state index in [2.05, 4.69) is 10.5 Å². The van der Waals surface area contributed by atoms with Crippen molar-refractivity contribution in [3.05, 3.63) is 69.8 Å². The summed E-state index contributed by atoms with van der Waals surface area (Å²) in [6.45, 7) is 1.74. The summed E-state index contributed by atoms with van der Waals surface area (Å²) in [4.78, 5) is 22.1. The molecule has 2 aromatic carbocycles. The first-order chi connectivity index (χ1) is 11.0. The Labute approximate surface area is 132 Å². The first kappa shape index (κ1) is 16.2.